The van der Waals surface area contributed by atoms with Crippen LogP contribution < -0.4 is 0 Å². The fraction of sp³-hybridized carbons (Fsp3) is 0.593. The maximum Gasteiger partial charge on any atom is 0.166 e. The number of aliphatic hydroxyl groups is 2. The van der Waals surface area contributed by atoms with Gasteiger partial charge in [-0.3, -0.25) is 24.6 Å². The van der Waals surface area contributed by atoms with Crippen LogP contribution in [0.5, 0.6) is 0 Å². The molecule has 0 spiro atoms. The number of epoxide rings is 1. The molecule has 1 aromatic heterocycles. The lowest BCUT2D eigenvalue weighted by Crippen LogP contribution is -2.45. The van der Waals surface area contributed by atoms with E-state index in [1.165, 1.54) is 24.0 Å². The smallest absolute Gasteiger partial charge is 0.166 e. The average Bonchev–Trinajstić information content (AvgIpc) is 3.34. The summed E-state index contributed by atoms with van der Waals surface area (Å²) >= 11 is 0. The molecule has 4 atom stereocenters. The molecule has 6 rings (SSSR count). The van der Waals surface area contributed by atoms with Gasteiger partial charge in [0.05, 0.1) is 11.8 Å². The van der Waals surface area contributed by atoms with E-state index in [4.69, 9.17) is 4.74 Å². The van der Waals surface area contributed by atoms with Gasteiger partial charge in [-0.2, -0.15) is 0 Å². The van der Waals surface area contributed by atoms with Gasteiger partial charge in [-0.05, 0) is 36.5 Å². The molecule has 0 bridgehead atoms. The monoisotopic (exact) mass is 479 g/mol. The van der Waals surface area contributed by atoms with Crippen molar-refractivity contribution < 1.29 is 14.9 Å². The van der Waals surface area contributed by atoms with E-state index in [9.17, 15) is 10.2 Å². The number of rotatable bonds is 8. The van der Waals surface area contributed by atoms with Crippen molar-refractivity contribution in [2.75, 3.05) is 45.8 Å². The topological polar surface area (TPSA) is 78.8 Å². The van der Waals surface area contributed by atoms with Crippen molar-refractivity contribution in [1.29, 1.82) is 0 Å². The molecule has 0 aliphatic carbocycles. The second-order valence-electron chi connectivity index (χ2n) is 10.5. The number of aromatic nitrogens is 1. The molecule has 3 saturated heterocycles. The van der Waals surface area contributed by atoms with E-state index < -0.39 is 12.5 Å². The first kappa shape index (κ1) is 23.5. The Hall–Kier alpha value is -1.91. The lowest BCUT2D eigenvalue weighted by atomic mass is 10.00. The van der Waals surface area contributed by atoms with Gasteiger partial charge in [-0.15, -0.1) is 0 Å². The Balaban J connectivity index is 0.968. The molecule has 5 heterocycles. The van der Waals surface area contributed by atoms with Crippen LogP contribution in [0.1, 0.15) is 41.3 Å². The highest BCUT2D eigenvalue weighted by molar-refractivity contribution is 5.29. The summed E-state index contributed by atoms with van der Waals surface area (Å²) < 4.78 is 5.90. The predicted octanol–water partition coefficient (Wildman–Crippen LogP) is 1.39. The summed E-state index contributed by atoms with van der Waals surface area (Å²) in [7, 11) is 0. The van der Waals surface area contributed by atoms with Crippen molar-refractivity contribution >= 4 is 0 Å². The Morgan fingerprint density at radius 3 is 2.54 bits per heavy atom. The molecular formula is C27H37N5O3. The number of fused-ring (bicyclic) bond motifs is 1. The maximum absolute atomic E-state index is 10.9. The molecule has 2 aromatic rings. The summed E-state index contributed by atoms with van der Waals surface area (Å²) in [6, 6.07) is 12.7. The van der Waals surface area contributed by atoms with Gasteiger partial charge in [0.1, 0.15) is 12.3 Å². The zero-order chi connectivity index (χ0) is 23.8. The summed E-state index contributed by atoms with van der Waals surface area (Å²) in [5.41, 5.74) is 4.86. The minimum atomic E-state index is -0.695. The number of hydrogen-bond donors (Lipinski definition) is 2. The van der Waals surface area contributed by atoms with E-state index in [0.29, 0.717) is 19.6 Å². The first-order chi connectivity index (χ1) is 17.1. The van der Waals surface area contributed by atoms with Crippen molar-refractivity contribution in [3.05, 3.63) is 65.0 Å². The largest absolute Gasteiger partial charge is 0.390 e. The van der Waals surface area contributed by atoms with Crippen LogP contribution in [0.4, 0.5) is 0 Å². The third-order valence-electron chi connectivity index (χ3n) is 7.96. The fourth-order valence-electron chi connectivity index (χ4n) is 5.93. The Kier molecular flexibility index (Phi) is 6.86. The summed E-state index contributed by atoms with van der Waals surface area (Å²) in [6.45, 7) is 7.32. The molecule has 8 nitrogen and oxygen atoms in total. The molecular weight excluding hydrogens is 442 g/mol. The van der Waals surface area contributed by atoms with Crippen LogP contribution in [0.3, 0.4) is 0 Å². The molecule has 4 aliphatic heterocycles. The second kappa shape index (κ2) is 10.2. The summed E-state index contributed by atoms with van der Waals surface area (Å²) in [5, 5.41) is 21.6. The van der Waals surface area contributed by atoms with Gasteiger partial charge in [0, 0.05) is 70.7 Å². The Labute approximate surface area is 207 Å². The standard InChI is InChI=1S/C27H37N5O3/c33-24(18-29-12-9-20-5-1-2-6-22(20)16-29)19-32-14-13-31(27(32)34)17-23-8-7-21(15-28-23)25-26(35-25)30-10-3-4-11-30/h1-2,5-8,15,24-27,33-34H,3-4,9-14,16-19H2/t24-,25?,26?,27?/m1/s1. The highest BCUT2D eigenvalue weighted by Crippen LogP contribution is 2.41. The van der Waals surface area contributed by atoms with Crippen molar-refractivity contribution in [2.24, 2.45) is 0 Å². The highest BCUT2D eigenvalue weighted by atomic mass is 16.6. The molecule has 3 fully saturated rings. The number of hydrogen-bond acceptors (Lipinski definition) is 8. The van der Waals surface area contributed by atoms with Gasteiger partial charge in [0.25, 0.3) is 0 Å². The molecule has 0 amide bonds. The zero-order valence-corrected chi connectivity index (χ0v) is 20.4. The lowest BCUT2D eigenvalue weighted by Gasteiger charge is -2.32. The highest BCUT2D eigenvalue weighted by Gasteiger charge is 2.45. The molecule has 8 heteroatoms. The molecule has 0 saturated carbocycles. The minimum Gasteiger partial charge on any atom is -0.390 e. The molecule has 0 radical (unpaired) electrons. The Morgan fingerprint density at radius 2 is 1.74 bits per heavy atom. The first-order valence-electron chi connectivity index (χ1n) is 13.1. The van der Waals surface area contributed by atoms with Crippen molar-refractivity contribution in [3.63, 3.8) is 0 Å². The Bertz CT molecular complexity index is 999. The minimum absolute atomic E-state index is 0.150. The van der Waals surface area contributed by atoms with Crippen molar-refractivity contribution in [2.45, 2.75) is 57.1 Å². The van der Waals surface area contributed by atoms with Crippen molar-refractivity contribution in [3.8, 4) is 0 Å². The number of aliphatic hydroxyl groups excluding tert-OH is 2. The van der Waals surface area contributed by atoms with Gasteiger partial charge in [0.2, 0.25) is 0 Å². The van der Waals surface area contributed by atoms with Crippen LogP contribution in [0.2, 0.25) is 0 Å². The van der Waals surface area contributed by atoms with Gasteiger partial charge in [0.15, 0.2) is 6.35 Å². The molecule has 1 aromatic carbocycles. The number of nitrogens with zero attached hydrogens (tertiary/aromatic N) is 5. The second-order valence-corrected chi connectivity index (χ2v) is 10.5. The third-order valence-corrected chi connectivity index (χ3v) is 7.96. The average molecular weight is 480 g/mol. The third kappa shape index (κ3) is 5.29. The number of benzene rings is 1. The van der Waals surface area contributed by atoms with Crippen LogP contribution in [-0.4, -0.2) is 99.3 Å². The van der Waals surface area contributed by atoms with Crippen LogP contribution in [0, 0.1) is 0 Å². The fourth-order valence-corrected chi connectivity index (χ4v) is 5.93. The normalized spacial score (nSPS) is 28.9. The Morgan fingerprint density at radius 1 is 0.943 bits per heavy atom. The van der Waals surface area contributed by atoms with E-state index in [1.807, 2.05) is 16.0 Å². The lowest BCUT2D eigenvalue weighted by molar-refractivity contribution is -0.0765. The van der Waals surface area contributed by atoms with Crippen LogP contribution in [0.15, 0.2) is 42.6 Å². The maximum atomic E-state index is 10.9. The van der Waals surface area contributed by atoms with Gasteiger partial charge < -0.3 is 14.9 Å². The predicted molar refractivity (Wildman–Crippen MR) is 132 cm³/mol. The zero-order valence-electron chi connectivity index (χ0n) is 20.4. The van der Waals surface area contributed by atoms with Gasteiger partial charge in [-0.25, -0.2) is 0 Å². The van der Waals surface area contributed by atoms with Gasteiger partial charge in [-0.1, -0.05) is 30.3 Å². The summed E-state index contributed by atoms with van der Waals surface area (Å²) in [6.07, 6.45) is 4.68. The van der Waals surface area contributed by atoms with Crippen LogP contribution >= 0.6 is 0 Å². The molecule has 3 unspecified atom stereocenters. The van der Waals surface area contributed by atoms with E-state index in [2.05, 4.69) is 51.2 Å². The SMILES string of the molecule is OC1N(Cc2ccc(C3OC3N3CCCC3)cn2)CCN1C[C@H](O)CN1CCc2ccccc2C1. The summed E-state index contributed by atoms with van der Waals surface area (Å²) in [4.78, 5) is 13.4. The number of ether oxygens (including phenoxy) is 1. The molecule has 188 valence electrons. The first-order valence-corrected chi connectivity index (χ1v) is 13.1. The summed E-state index contributed by atoms with van der Waals surface area (Å²) in [5.74, 6) is 0. The van der Waals surface area contributed by atoms with E-state index in [1.54, 1.807) is 0 Å². The molecule has 4 aliphatic rings. The van der Waals surface area contributed by atoms with Crippen LogP contribution in [-0.2, 0) is 24.2 Å². The number of β-amino-alcohol motifs (C(OH)–C–C–N with tert-alkyl or cyclic N) is 1. The van der Waals surface area contributed by atoms with E-state index in [-0.39, 0.29) is 12.3 Å². The van der Waals surface area contributed by atoms with Crippen LogP contribution in [0.25, 0.3) is 0 Å². The van der Waals surface area contributed by atoms with Gasteiger partial charge >= 0.3 is 0 Å². The molecule has 2 N–H and O–H groups in total. The number of likely N-dealkylation sites (tertiary alicyclic amines) is 1. The quantitative estimate of drug-likeness (QED) is 0.550. The van der Waals surface area contributed by atoms with Crippen molar-refractivity contribution in [1.82, 2.24) is 24.6 Å². The number of pyridine rings is 1. The molecule has 35 heavy (non-hydrogen) atoms. The van der Waals surface area contributed by atoms with E-state index in [0.717, 1.165) is 56.9 Å². The van der Waals surface area contributed by atoms with E-state index >= 15 is 0 Å².